The number of halogens is 1. The minimum absolute atomic E-state index is 0.0628. The number of amides is 3. The van der Waals surface area contributed by atoms with E-state index in [0.717, 1.165) is 0 Å². The van der Waals surface area contributed by atoms with Crippen molar-refractivity contribution in [2.45, 2.75) is 12.6 Å². The molecule has 10 nitrogen and oxygen atoms in total. The average molecular weight is 476 g/mol. The van der Waals surface area contributed by atoms with Crippen LogP contribution in [0, 0.1) is 5.82 Å². The van der Waals surface area contributed by atoms with Gasteiger partial charge in [0.05, 0.1) is 25.1 Å². The Labute approximate surface area is 192 Å². The van der Waals surface area contributed by atoms with E-state index < -0.39 is 29.6 Å². The molecule has 33 heavy (non-hydrogen) atoms. The van der Waals surface area contributed by atoms with Crippen molar-refractivity contribution in [1.82, 2.24) is 14.6 Å². The predicted molar refractivity (Wildman–Crippen MR) is 118 cm³/mol. The molecule has 0 saturated heterocycles. The smallest absolute Gasteiger partial charge is 0.270 e. The number of nitrogens with one attached hydrogen (secondary N) is 1. The van der Waals surface area contributed by atoms with Crippen LogP contribution in [-0.4, -0.2) is 47.3 Å². The van der Waals surface area contributed by atoms with E-state index in [1.165, 1.54) is 42.5 Å². The van der Waals surface area contributed by atoms with Crippen LogP contribution in [-0.2, 0) is 16.1 Å². The molecule has 0 aliphatic rings. The Bertz CT molecular complexity index is 1120. The first-order valence-electron chi connectivity index (χ1n) is 9.73. The van der Waals surface area contributed by atoms with Gasteiger partial charge in [0, 0.05) is 13.7 Å². The number of furan rings is 1. The van der Waals surface area contributed by atoms with Crippen LogP contribution in [0.2, 0.25) is 0 Å². The summed E-state index contributed by atoms with van der Waals surface area (Å²) in [4.78, 5) is 39.5. The molecule has 5 N–H and O–H groups in total. The number of benzene rings is 1. The molecule has 3 amide bonds. The summed E-state index contributed by atoms with van der Waals surface area (Å²) in [7, 11) is 1.49. The lowest BCUT2D eigenvalue weighted by atomic mass is 10.0. The van der Waals surface area contributed by atoms with Crippen molar-refractivity contribution in [3.63, 3.8) is 0 Å². The Morgan fingerprint density at radius 3 is 2.58 bits per heavy atom. The molecule has 1 atom stereocenters. The second kappa shape index (κ2) is 10.7. The van der Waals surface area contributed by atoms with Gasteiger partial charge in [-0.05, 0) is 41.4 Å². The first-order valence-corrected chi connectivity index (χ1v) is 10.5. The molecule has 0 unspecified atom stereocenters. The first-order chi connectivity index (χ1) is 15.8. The highest BCUT2D eigenvalue weighted by molar-refractivity contribution is 7.09. The van der Waals surface area contributed by atoms with Gasteiger partial charge in [-0.3, -0.25) is 14.4 Å². The lowest BCUT2D eigenvalue weighted by Crippen LogP contribution is -2.44. The molecule has 1 aromatic carbocycles. The molecule has 2 heterocycles. The van der Waals surface area contributed by atoms with Crippen molar-refractivity contribution in [2.75, 3.05) is 26.0 Å². The molecule has 0 aliphatic carbocycles. The number of carbonyl (C=O) groups is 3. The van der Waals surface area contributed by atoms with Crippen LogP contribution in [0.4, 0.5) is 10.1 Å². The molecular weight excluding hydrogens is 453 g/mol. The van der Waals surface area contributed by atoms with Crippen molar-refractivity contribution in [3.8, 4) is 0 Å². The predicted octanol–water partition coefficient (Wildman–Crippen LogP) is 1.70. The van der Waals surface area contributed by atoms with Crippen LogP contribution in [0.25, 0.3) is 0 Å². The quantitative estimate of drug-likeness (QED) is 0.377. The number of anilines is 1. The highest BCUT2D eigenvalue weighted by Gasteiger charge is 2.35. The number of primary amides is 1. The number of rotatable bonds is 10. The van der Waals surface area contributed by atoms with Gasteiger partial charge in [-0.1, -0.05) is 12.1 Å². The summed E-state index contributed by atoms with van der Waals surface area (Å²) >= 11 is 0.692. The van der Waals surface area contributed by atoms with Crippen molar-refractivity contribution in [1.29, 1.82) is 0 Å². The maximum absolute atomic E-state index is 13.6. The minimum atomic E-state index is -1.18. The lowest BCUT2D eigenvalue weighted by Gasteiger charge is -2.30. The SMILES string of the molecule is COCCNC(=O)[C@H](c1ccc(F)cc1)N(Cc1ccco1)C(=O)c1snc(C(N)=O)c1N. The van der Waals surface area contributed by atoms with E-state index in [4.69, 9.17) is 20.6 Å². The van der Waals surface area contributed by atoms with E-state index in [9.17, 15) is 18.8 Å². The van der Waals surface area contributed by atoms with Gasteiger partial charge in [0.1, 0.15) is 22.5 Å². The molecule has 3 rings (SSSR count). The van der Waals surface area contributed by atoms with Crippen molar-refractivity contribution < 1.29 is 27.9 Å². The van der Waals surface area contributed by atoms with E-state index in [1.807, 2.05) is 0 Å². The molecule has 174 valence electrons. The first kappa shape index (κ1) is 23.9. The highest BCUT2D eigenvalue weighted by atomic mass is 32.1. The number of carbonyl (C=O) groups excluding carboxylic acids is 3. The lowest BCUT2D eigenvalue weighted by molar-refractivity contribution is -0.126. The number of nitrogen functional groups attached to an aromatic ring is 1. The monoisotopic (exact) mass is 475 g/mol. The molecule has 0 radical (unpaired) electrons. The summed E-state index contributed by atoms with van der Waals surface area (Å²) in [6.45, 7) is 0.316. The Morgan fingerprint density at radius 1 is 1.27 bits per heavy atom. The summed E-state index contributed by atoms with van der Waals surface area (Å²) in [6.07, 6.45) is 1.43. The van der Waals surface area contributed by atoms with Gasteiger partial charge in [0.25, 0.3) is 11.8 Å². The topological polar surface area (TPSA) is 154 Å². The maximum Gasteiger partial charge on any atom is 0.270 e. The van der Waals surface area contributed by atoms with E-state index in [2.05, 4.69) is 9.69 Å². The van der Waals surface area contributed by atoms with E-state index in [1.54, 1.807) is 12.1 Å². The fraction of sp³-hybridized carbons (Fsp3) is 0.238. The van der Waals surface area contributed by atoms with Crippen molar-refractivity contribution >= 4 is 34.9 Å². The third kappa shape index (κ3) is 5.54. The zero-order valence-electron chi connectivity index (χ0n) is 17.6. The van der Waals surface area contributed by atoms with Crippen molar-refractivity contribution in [2.24, 2.45) is 5.73 Å². The second-order valence-electron chi connectivity index (χ2n) is 6.89. The Kier molecular flexibility index (Phi) is 7.74. The summed E-state index contributed by atoms with van der Waals surface area (Å²) < 4.78 is 27.8. The summed E-state index contributed by atoms with van der Waals surface area (Å²) in [6, 6.07) is 7.27. The third-order valence-corrected chi connectivity index (χ3v) is 5.52. The molecule has 3 aromatic rings. The molecule has 0 aliphatic heterocycles. The van der Waals surface area contributed by atoms with Crippen LogP contribution >= 0.6 is 11.5 Å². The summed E-state index contributed by atoms with van der Waals surface area (Å²) in [5, 5.41) is 2.70. The maximum atomic E-state index is 13.6. The molecule has 0 spiro atoms. The van der Waals surface area contributed by atoms with Crippen LogP contribution < -0.4 is 16.8 Å². The normalized spacial score (nSPS) is 11.7. The third-order valence-electron chi connectivity index (χ3n) is 4.67. The van der Waals surface area contributed by atoms with Crippen LogP contribution in [0.3, 0.4) is 0 Å². The molecule has 0 bridgehead atoms. The second-order valence-corrected chi connectivity index (χ2v) is 7.66. The van der Waals surface area contributed by atoms with E-state index >= 15 is 0 Å². The number of ether oxygens (including phenoxy) is 1. The number of aromatic nitrogens is 1. The van der Waals surface area contributed by atoms with Gasteiger partial charge in [-0.15, -0.1) is 0 Å². The van der Waals surface area contributed by atoms with Gasteiger partial charge in [0.2, 0.25) is 5.91 Å². The number of nitrogens with two attached hydrogens (primary N) is 2. The summed E-state index contributed by atoms with van der Waals surface area (Å²) in [5.74, 6) is -2.20. The highest BCUT2D eigenvalue weighted by Crippen LogP contribution is 2.30. The van der Waals surface area contributed by atoms with Crippen LogP contribution in [0.5, 0.6) is 0 Å². The number of hydrogen-bond donors (Lipinski definition) is 3. The van der Waals surface area contributed by atoms with Crippen LogP contribution in [0.1, 0.15) is 37.5 Å². The zero-order chi connectivity index (χ0) is 24.0. The van der Waals surface area contributed by atoms with Gasteiger partial charge in [-0.25, -0.2) is 4.39 Å². The largest absolute Gasteiger partial charge is 0.467 e. The van der Waals surface area contributed by atoms with Gasteiger partial charge >= 0.3 is 0 Å². The van der Waals surface area contributed by atoms with Crippen LogP contribution in [0.15, 0.2) is 47.1 Å². The number of nitrogens with zero attached hydrogens (tertiary/aromatic N) is 2. The van der Waals surface area contributed by atoms with Gasteiger partial charge in [0.15, 0.2) is 5.69 Å². The Morgan fingerprint density at radius 2 is 2.00 bits per heavy atom. The molecule has 0 saturated carbocycles. The van der Waals surface area contributed by atoms with E-state index in [0.29, 0.717) is 22.9 Å². The number of hydrogen-bond acceptors (Lipinski definition) is 8. The Hall–Kier alpha value is -3.77. The molecular formula is C21H22FN5O5S. The minimum Gasteiger partial charge on any atom is -0.467 e. The van der Waals surface area contributed by atoms with E-state index in [-0.39, 0.29) is 36.0 Å². The summed E-state index contributed by atoms with van der Waals surface area (Å²) in [5.41, 5.74) is 11.2. The van der Waals surface area contributed by atoms with Gasteiger partial charge < -0.3 is 30.8 Å². The molecule has 2 aromatic heterocycles. The zero-order valence-corrected chi connectivity index (χ0v) is 18.4. The van der Waals surface area contributed by atoms with Gasteiger partial charge in [-0.2, -0.15) is 4.37 Å². The van der Waals surface area contributed by atoms with Crippen molar-refractivity contribution in [3.05, 3.63) is 70.4 Å². The average Bonchev–Trinajstić information content (AvgIpc) is 3.44. The molecule has 0 fully saturated rings. The fourth-order valence-electron chi connectivity index (χ4n) is 3.10. The number of methoxy groups -OCH3 is 1. The molecule has 12 heteroatoms. The fourth-order valence-corrected chi connectivity index (χ4v) is 3.86. The Balaban J connectivity index is 2.07. The standard InChI is InChI=1S/C21H22FN5O5S/c1-31-10-8-25-20(29)17(12-4-6-13(22)7-5-12)27(11-14-3-2-9-32-14)21(30)18-15(23)16(19(24)28)26-33-18/h2-7,9,17H,8,10-11,23H2,1H3,(H2,24,28)(H,25,29)/t17-/m0/s1.